The van der Waals surface area contributed by atoms with Crippen LogP contribution >= 0.6 is 11.6 Å². The van der Waals surface area contributed by atoms with E-state index in [0.717, 1.165) is 5.39 Å². The molecule has 0 spiro atoms. The lowest BCUT2D eigenvalue weighted by Gasteiger charge is -2.35. The molecule has 1 unspecified atom stereocenters. The maximum absolute atomic E-state index is 13.0. The molecule has 1 aliphatic carbocycles. The van der Waals surface area contributed by atoms with Crippen LogP contribution in [0.5, 0.6) is 5.75 Å². The van der Waals surface area contributed by atoms with Gasteiger partial charge in [0, 0.05) is 32.7 Å². The highest BCUT2D eigenvalue weighted by Gasteiger charge is 2.50. The van der Waals surface area contributed by atoms with Gasteiger partial charge in [0.2, 0.25) is 0 Å². The number of fused-ring (bicyclic) bond motifs is 3. The molecular formula is C25H15ClO6. The topological polar surface area (TPSA) is 82.1 Å². The van der Waals surface area contributed by atoms with Crippen LogP contribution in [-0.4, -0.2) is 17.2 Å². The van der Waals surface area contributed by atoms with Crippen LogP contribution in [0.25, 0.3) is 10.8 Å². The third kappa shape index (κ3) is 3.13. The van der Waals surface area contributed by atoms with E-state index in [1.54, 1.807) is 30.3 Å². The van der Waals surface area contributed by atoms with E-state index < -0.39 is 11.9 Å². The van der Waals surface area contributed by atoms with Gasteiger partial charge in [-0.25, -0.2) is 10.1 Å². The first-order valence-corrected chi connectivity index (χ1v) is 10.1. The Hall–Kier alpha value is -3.71. The van der Waals surface area contributed by atoms with Gasteiger partial charge in [-0.05, 0) is 29.7 Å². The molecule has 5 rings (SSSR count). The molecule has 6 nitrogen and oxygen atoms in total. The van der Waals surface area contributed by atoms with Crippen LogP contribution in [0.3, 0.4) is 0 Å². The van der Waals surface area contributed by atoms with E-state index in [-0.39, 0.29) is 33.8 Å². The number of carbonyl (C=O) groups excluding carboxylic acids is 2. The molecule has 4 aromatic rings. The second-order valence-corrected chi connectivity index (χ2v) is 7.64. The number of benzene rings is 4. The number of rotatable bonds is 3. The van der Waals surface area contributed by atoms with E-state index in [4.69, 9.17) is 26.0 Å². The van der Waals surface area contributed by atoms with Crippen LogP contribution < -0.4 is 4.74 Å². The first-order chi connectivity index (χ1) is 15.5. The fraction of sp³-hybridized carbons (Fsp3) is 0.0400. The molecule has 0 aliphatic heterocycles. The van der Waals surface area contributed by atoms with Gasteiger partial charge in [-0.1, -0.05) is 72.3 Å². The summed E-state index contributed by atoms with van der Waals surface area (Å²) in [6.07, 6.45) is -1.12. The van der Waals surface area contributed by atoms with E-state index in [9.17, 15) is 14.8 Å². The minimum Gasteiger partial charge on any atom is -0.394 e. The van der Waals surface area contributed by atoms with E-state index in [0.29, 0.717) is 10.4 Å². The monoisotopic (exact) mass is 446 g/mol. The van der Waals surface area contributed by atoms with Crippen molar-refractivity contribution >= 4 is 34.3 Å². The molecule has 0 bridgehead atoms. The molecule has 7 heteroatoms. The van der Waals surface area contributed by atoms with Crippen molar-refractivity contribution in [2.75, 3.05) is 0 Å². The van der Waals surface area contributed by atoms with Crippen LogP contribution in [0.15, 0.2) is 84.9 Å². The average Bonchev–Trinajstić information content (AvgIpc) is 2.82. The van der Waals surface area contributed by atoms with Crippen LogP contribution in [0.2, 0.25) is 5.02 Å². The molecule has 0 aromatic heterocycles. The molecule has 0 saturated carbocycles. The van der Waals surface area contributed by atoms with E-state index in [2.05, 4.69) is 0 Å². The van der Waals surface area contributed by atoms with Crippen molar-refractivity contribution in [3.05, 3.63) is 112 Å². The van der Waals surface area contributed by atoms with E-state index in [1.165, 1.54) is 24.3 Å². The number of ether oxygens (including phenoxy) is 2. The Kier molecular flexibility index (Phi) is 4.90. The summed E-state index contributed by atoms with van der Waals surface area (Å²) in [7, 11) is 0. The van der Waals surface area contributed by atoms with Gasteiger partial charge < -0.3 is 9.47 Å². The molecule has 0 radical (unpaired) electrons. The maximum atomic E-state index is 13.0. The molecule has 0 heterocycles. The van der Waals surface area contributed by atoms with Crippen molar-refractivity contribution in [3.8, 4) is 5.75 Å². The summed E-state index contributed by atoms with van der Waals surface area (Å²) < 4.78 is 11.1. The minimum atomic E-state index is -2.12. The zero-order valence-electron chi connectivity index (χ0n) is 16.4. The Morgan fingerprint density at radius 2 is 1.56 bits per heavy atom. The maximum Gasteiger partial charge on any atom is 0.517 e. The summed E-state index contributed by atoms with van der Waals surface area (Å²) in [6, 6.07) is 23.4. The molecule has 1 N–H and O–H groups in total. The number of halogens is 1. The molecular weight excluding hydrogens is 432 g/mol. The van der Waals surface area contributed by atoms with Crippen LogP contribution in [0, 0.1) is 0 Å². The minimum absolute atomic E-state index is 0.128. The fourth-order valence-corrected chi connectivity index (χ4v) is 4.16. The molecule has 1 atom stereocenters. The molecule has 1 aliphatic rings. The van der Waals surface area contributed by atoms with Gasteiger partial charge in [-0.3, -0.25) is 4.79 Å². The van der Waals surface area contributed by atoms with Crippen molar-refractivity contribution < 1.29 is 29.2 Å². The predicted molar refractivity (Wildman–Crippen MR) is 117 cm³/mol. The normalized spacial score (nSPS) is 16.9. The summed E-state index contributed by atoms with van der Waals surface area (Å²) in [5, 5.41) is 11.9. The van der Waals surface area contributed by atoms with Crippen molar-refractivity contribution in [1.29, 1.82) is 0 Å². The van der Waals surface area contributed by atoms with Gasteiger partial charge in [0.15, 0.2) is 5.78 Å². The Morgan fingerprint density at radius 1 is 0.844 bits per heavy atom. The first kappa shape index (κ1) is 20.2. The molecule has 0 saturated heterocycles. The Balaban J connectivity index is 1.59. The summed E-state index contributed by atoms with van der Waals surface area (Å²) in [6.45, 7) is 0. The smallest absolute Gasteiger partial charge is 0.394 e. The molecule has 0 fully saturated rings. The van der Waals surface area contributed by atoms with Crippen molar-refractivity contribution in [2.24, 2.45) is 0 Å². The first-order valence-electron chi connectivity index (χ1n) is 9.69. The molecule has 4 aromatic carbocycles. The average molecular weight is 447 g/mol. The van der Waals surface area contributed by atoms with Crippen molar-refractivity contribution in [2.45, 2.75) is 5.79 Å². The number of hydrogen-bond acceptors (Lipinski definition) is 6. The third-order valence-corrected chi connectivity index (χ3v) is 5.64. The lowest BCUT2D eigenvalue weighted by atomic mass is 9.80. The number of ketones is 1. The standard InChI is InChI=1S/C25H15ClO6/c26-16-12-13-21-19(14-16)23(27)18-9-3-4-10-20(18)25(21,32-29)31-24(28)30-22-11-5-7-15-6-1-2-8-17(15)22/h1-14,29H. The van der Waals surface area contributed by atoms with Gasteiger partial charge in [0.25, 0.3) is 0 Å². The van der Waals surface area contributed by atoms with Gasteiger partial charge in [0.1, 0.15) is 5.75 Å². The van der Waals surface area contributed by atoms with Gasteiger partial charge in [0.05, 0.1) is 0 Å². The Labute approximate surface area is 187 Å². The third-order valence-electron chi connectivity index (χ3n) is 5.41. The van der Waals surface area contributed by atoms with Gasteiger partial charge in [-0.15, -0.1) is 0 Å². The summed E-state index contributed by atoms with van der Waals surface area (Å²) in [5.74, 6) is -2.18. The van der Waals surface area contributed by atoms with E-state index in [1.807, 2.05) is 30.3 Å². The van der Waals surface area contributed by atoms with E-state index >= 15 is 0 Å². The Morgan fingerprint density at radius 3 is 2.41 bits per heavy atom. The molecule has 32 heavy (non-hydrogen) atoms. The van der Waals surface area contributed by atoms with Gasteiger partial charge in [-0.2, -0.15) is 4.89 Å². The van der Waals surface area contributed by atoms with Crippen molar-refractivity contribution in [3.63, 3.8) is 0 Å². The summed E-state index contributed by atoms with van der Waals surface area (Å²) >= 11 is 6.09. The molecule has 0 amide bonds. The highest BCUT2D eigenvalue weighted by molar-refractivity contribution is 6.31. The largest absolute Gasteiger partial charge is 0.517 e. The number of carbonyl (C=O) groups is 2. The Bertz CT molecular complexity index is 1380. The summed E-state index contributed by atoms with van der Waals surface area (Å²) in [5.41, 5.74) is 0.637. The van der Waals surface area contributed by atoms with Crippen LogP contribution in [0.4, 0.5) is 4.79 Å². The lowest BCUT2D eigenvalue weighted by molar-refractivity contribution is -0.382. The highest BCUT2D eigenvalue weighted by atomic mass is 35.5. The lowest BCUT2D eigenvalue weighted by Crippen LogP contribution is -2.42. The zero-order valence-corrected chi connectivity index (χ0v) is 17.2. The van der Waals surface area contributed by atoms with Crippen LogP contribution in [0.1, 0.15) is 27.0 Å². The second-order valence-electron chi connectivity index (χ2n) is 7.20. The SMILES string of the molecule is O=C(Oc1cccc2ccccc12)OC1(OO)c2ccccc2C(=O)c2cc(Cl)ccc21. The second kappa shape index (κ2) is 7.76. The van der Waals surface area contributed by atoms with Crippen molar-refractivity contribution in [1.82, 2.24) is 0 Å². The highest BCUT2D eigenvalue weighted by Crippen LogP contribution is 2.44. The summed E-state index contributed by atoms with van der Waals surface area (Å²) in [4.78, 5) is 30.7. The fourth-order valence-electron chi connectivity index (χ4n) is 3.99. The van der Waals surface area contributed by atoms with Crippen LogP contribution in [-0.2, 0) is 15.4 Å². The molecule has 158 valence electrons. The number of hydrogen-bond donors (Lipinski definition) is 1. The van der Waals surface area contributed by atoms with Gasteiger partial charge >= 0.3 is 11.9 Å². The zero-order chi connectivity index (χ0) is 22.3. The predicted octanol–water partition coefficient (Wildman–Crippen LogP) is 5.94. The quantitative estimate of drug-likeness (QED) is 0.138.